The van der Waals surface area contributed by atoms with Crippen LogP contribution in [0.4, 0.5) is 0 Å². The van der Waals surface area contributed by atoms with Crippen LogP contribution in [-0.4, -0.2) is 34.2 Å². The van der Waals surface area contributed by atoms with Crippen LogP contribution in [0.5, 0.6) is 0 Å². The lowest BCUT2D eigenvalue weighted by atomic mass is 9.77. The number of fused-ring (bicyclic) bond motifs is 2. The van der Waals surface area contributed by atoms with E-state index in [-0.39, 0.29) is 24.5 Å². The number of ether oxygens (including phenoxy) is 1. The van der Waals surface area contributed by atoms with Gasteiger partial charge in [-0.05, 0) is 61.1 Å². The van der Waals surface area contributed by atoms with Crippen molar-refractivity contribution >= 4 is 34.6 Å². The van der Waals surface area contributed by atoms with Crippen molar-refractivity contribution in [3.63, 3.8) is 0 Å². The van der Waals surface area contributed by atoms with Crippen molar-refractivity contribution in [2.45, 2.75) is 32.2 Å². The molecule has 1 aromatic heterocycles. The van der Waals surface area contributed by atoms with Gasteiger partial charge >= 0.3 is 5.97 Å². The zero-order valence-corrected chi connectivity index (χ0v) is 21.8. The van der Waals surface area contributed by atoms with Crippen molar-refractivity contribution in [2.24, 2.45) is 11.0 Å². The third kappa shape index (κ3) is 4.98. The zero-order valence-electron chi connectivity index (χ0n) is 21.8. The number of hydrogen-bond donors (Lipinski definition) is 0. The van der Waals surface area contributed by atoms with Crippen LogP contribution in [0.1, 0.15) is 52.5 Å². The van der Waals surface area contributed by atoms with E-state index in [0.717, 1.165) is 41.7 Å². The summed E-state index contributed by atoms with van der Waals surface area (Å²) < 4.78 is 5.58. The lowest BCUT2D eigenvalue weighted by molar-refractivity contribution is -0.137. The number of benzene rings is 3. The minimum absolute atomic E-state index is 0.0857. The molecule has 1 fully saturated rings. The summed E-state index contributed by atoms with van der Waals surface area (Å²) in [4.78, 5) is 31.2. The zero-order chi connectivity index (χ0) is 26.8. The second-order valence-electron chi connectivity index (χ2n) is 10.1. The van der Waals surface area contributed by atoms with E-state index in [9.17, 15) is 9.59 Å². The molecule has 3 aromatic carbocycles. The molecular formula is C33H29N3O3. The maximum atomic E-state index is 13.6. The highest BCUT2D eigenvalue weighted by atomic mass is 16.5. The van der Waals surface area contributed by atoms with Crippen molar-refractivity contribution in [2.75, 3.05) is 6.61 Å². The average molecular weight is 516 g/mol. The van der Waals surface area contributed by atoms with Gasteiger partial charge in [-0.2, -0.15) is 5.10 Å². The maximum absolute atomic E-state index is 13.6. The molecule has 0 bridgehead atoms. The number of aryl methyl sites for hydroxylation is 1. The molecule has 0 saturated heterocycles. The SMILES string of the molecule is Cc1cc(C(=O)OCC(=O)N2N=C3/C(=C/c4ccccc4)CCC[C@H]3[C@H]2c2ccccc2)c2ccccc2n1. The number of hydrogen-bond acceptors (Lipinski definition) is 5. The van der Waals surface area contributed by atoms with E-state index in [1.807, 2.05) is 79.7 Å². The molecule has 2 aliphatic rings. The topological polar surface area (TPSA) is 71.9 Å². The highest BCUT2D eigenvalue weighted by Crippen LogP contribution is 2.44. The standard InChI is InChI=1S/C33H29N3O3/c1-22-19-28(26-16-8-9-18-29(26)34-22)33(38)39-21-30(37)36-32(24-13-6-3-7-14-24)27-17-10-15-25(31(27)35-36)20-23-11-4-2-5-12-23/h2-9,11-14,16,18-20,27,32H,10,15,17,21H2,1H3/b25-20+/t27-,32-/m1/s1. The van der Waals surface area contributed by atoms with Gasteiger partial charge in [0.1, 0.15) is 0 Å². The van der Waals surface area contributed by atoms with E-state index < -0.39 is 5.97 Å². The third-order valence-corrected chi connectivity index (χ3v) is 7.43. The molecule has 2 atom stereocenters. The quantitative estimate of drug-likeness (QED) is 0.284. The fourth-order valence-corrected chi connectivity index (χ4v) is 5.69. The van der Waals surface area contributed by atoms with Crippen molar-refractivity contribution in [3.8, 4) is 0 Å². The van der Waals surface area contributed by atoms with Crippen LogP contribution in [0, 0.1) is 12.8 Å². The molecule has 39 heavy (non-hydrogen) atoms. The number of hydrazone groups is 1. The number of carbonyl (C=O) groups is 2. The number of pyridine rings is 1. The molecule has 0 unspecified atom stereocenters. The molecule has 2 heterocycles. The summed E-state index contributed by atoms with van der Waals surface area (Å²) in [7, 11) is 0. The monoisotopic (exact) mass is 515 g/mol. The summed E-state index contributed by atoms with van der Waals surface area (Å²) in [5.74, 6) is -0.800. The number of allylic oxidation sites excluding steroid dienone is 1. The van der Waals surface area contributed by atoms with Gasteiger partial charge in [0.05, 0.1) is 22.8 Å². The number of carbonyl (C=O) groups excluding carboxylic acids is 2. The largest absolute Gasteiger partial charge is 0.452 e. The molecule has 1 amide bonds. The van der Waals surface area contributed by atoms with Gasteiger partial charge in [-0.1, -0.05) is 78.9 Å². The Morgan fingerprint density at radius 1 is 0.974 bits per heavy atom. The van der Waals surface area contributed by atoms with E-state index in [1.54, 1.807) is 11.1 Å². The van der Waals surface area contributed by atoms with Crippen molar-refractivity contribution in [1.82, 2.24) is 9.99 Å². The second kappa shape index (κ2) is 10.7. The molecule has 6 nitrogen and oxygen atoms in total. The Morgan fingerprint density at radius 3 is 2.49 bits per heavy atom. The molecule has 1 aliphatic heterocycles. The normalized spacial score (nSPS) is 19.6. The fourth-order valence-electron chi connectivity index (χ4n) is 5.69. The first-order chi connectivity index (χ1) is 19.1. The minimum atomic E-state index is -0.546. The molecule has 6 rings (SSSR count). The predicted octanol–water partition coefficient (Wildman–Crippen LogP) is 6.52. The first-order valence-electron chi connectivity index (χ1n) is 13.3. The van der Waals surface area contributed by atoms with Crippen LogP contribution in [0.15, 0.2) is 102 Å². The molecule has 4 aromatic rings. The maximum Gasteiger partial charge on any atom is 0.339 e. The molecule has 0 spiro atoms. The Bertz CT molecular complexity index is 1590. The molecule has 0 N–H and O–H groups in total. The van der Waals surface area contributed by atoms with Gasteiger partial charge in [-0.25, -0.2) is 9.80 Å². The molecule has 194 valence electrons. The molecule has 6 heteroatoms. The number of amides is 1. The third-order valence-electron chi connectivity index (χ3n) is 7.43. The summed E-state index contributed by atoms with van der Waals surface area (Å²) in [5, 5.41) is 7.14. The van der Waals surface area contributed by atoms with Crippen molar-refractivity contribution in [1.29, 1.82) is 0 Å². The molecule has 1 saturated carbocycles. The van der Waals surface area contributed by atoms with Crippen LogP contribution in [0.3, 0.4) is 0 Å². The van der Waals surface area contributed by atoms with Gasteiger partial charge < -0.3 is 4.74 Å². The summed E-state index contributed by atoms with van der Waals surface area (Å²) in [5.41, 5.74) is 6.08. The number of nitrogens with zero attached hydrogens (tertiary/aromatic N) is 3. The number of para-hydroxylation sites is 1. The van der Waals surface area contributed by atoms with Crippen LogP contribution < -0.4 is 0 Å². The predicted molar refractivity (Wildman–Crippen MR) is 152 cm³/mol. The fraction of sp³-hybridized carbons (Fsp3) is 0.212. The smallest absolute Gasteiger partial charge is 0.339 e. The first-order valence-corrected chi connectivity index (χ1v) is 13.3. The number of aromatic nitrogens is 1. The van der Waals surface area contributed by atoms with Crippen LogP contribution >= 0.6 is 0 Å². The Kier molecular flexibility index (Phi) is 6.76. The van der Waals surface area contributed by atoms with E-state index in [0.29, 0.717) is 22.2 Å². The molecule has 1 aliphatic carbocycles. The van der Waals surface area contributed by atoms with Gasteiger partial charge in [-0.15, -0.1) is 0 Å². The summed E-state index contributed by atoms with van der Waals surface area (Å²) in [6.45, 7) is 1.44. The Morgan fingerprint density at radius 2 is 1.69 bits per heavy atom. The highest BCUT2D eigenvalue weighted by Gasteiger charge is 2.43. The van der Waals surface area contributed by atoms with Crippen molar-refractivity contribution in [3.05, 3.63) is 119 Å². The van der Waals surface area contributed by atoms with Gasteiger partial charge in [0.25, 0.3) is 5.91 Å². The second-order valence-corrected chi connectivity index (χ2v) is 10.1. The van der Waals surface area contributed by atoms with E-state index in [4.69, 9.17) is 9.84 Å². The average Bonchev–Trinajstić information content (AvgIpc) is 3.37. The van der Waals surface area contributed by atoms with Gasteiger partial charge in [-0.3, -0.25) is 9.78 Å². The van der Waals surface area contributed by atoms with Crippen LogP contribution in [0.2, 0.25) is 0 Å². The summed E-state index contributed by atoms with van der Waals surface area (Å²) in [6.07, 6.45) is 5.06. The van der Waals surface area contributed by atoms with Gasteiger partial charge in [0, 0.05) is 17.0 Å². The van der Waals surface area contributed by atoms with Gasteiger partial charge in [0.15, 0.2) is 6.61 Å². The minimum Gasteiger partial charge on any atom is -0.452 e. The lowest BCUT2D eigenvalue weighted by Crippen LogP contribution is -2.34. The van der Waals surface area contributed by atoms with Gasteiger partial charge in [0.2, 0.25) is 0 Å². The molecule has 0 radical (unpaired) electrons. The lowest BCUT2D eigenvalue weighted by Gasteiger charge is -2.29. The Balaban J connectivity index is 1.29. The number of esters is 1. The van der Waals surface area contributed by atoms with Crippen LogP contribution in [-0.2, 0) is 9.53 Å². The first kappa shape index (κ1) is 24.7. The van der Waals surface area contributed by atoms with E-state index in [2.05, 4.69) is 23.2 Å². The highest BCUT2D eigenvalue weighted by molar-refractivity contribution is 6.08. The summed E-state index contributed by atoms with van der Waals surface area (Å²) >= 11 is 0. The summed E-state index contributed by atoms with van der Waals surface area (Å²) in [6, 6.07) is 29.1. The van der Waals surface area contributed by atoms with Crippen molar-refractivity contribution < 1.29 is 14.3 Å². The van der Waals surface area contributed by atoms with E-state index >= 15 is 0 Å². The number of rotatable bonds is 5. The van der Waals surface area contributed by atoms with Crippen LogP contribution in [0.25, 0.3) is 17.0 Å². The van der Waals surface area contributed by atoms with E-state index in [1.165, 1.54) is 0 Å². The molecular weight excluding hydrogens is 486 g/mol. The Labute approximate surface area is 227 Å². The Hall–Kier alpha value is -4.58.